The van der Waals surface area contributed by atoms with Crippen LogP contribution in [0.4, 0.5) is 5.69 Å². The highest BCUT2D eigenvalue weighted by atomic mass is 32.2. The fraction of sp³-hybridized carbons (Fsp3) is 0.217. The van der Waals surface area contributed by atoms with Crippen molar-refractivity contribution in [2.75, 3.05) is 19.4 Å². The summed E-state index contributed by atoms with van der Waals surface area (Å²) < 4.78 is 25.7. The Hall–Kier alpha value is -2.68. The van der Waals surface area contributed by atoms with Crippen LogP contribution in [0.2, 0.25) is 0 Å². The van der Waals surface area contributed by atoms with E-state index in [-0.39, 0.29) is 10.8 Å². The monoisotopic (exact) mass is 455 g/mol. The van der Waals surface area contributed by atoms with Gasteiger partial charge in [0.1, 0.15) is 10.1 Å². The fourth-order valence-corrected chi connectivity index (χ4v) is 4.70. The van der Waals surface area contributed by atoms with Crippen molar-refractivity contribution in [1.29, 1.82) is 0 Å². The van der Waals surface area contributed by atoms with Crippen molar-refractivity contribution >= 4 is 33.4 Å². The van der Waals surface area contributed by atoms with Gasteiger partial charge in [-0.15, -0.1) is 0 Å². The minimum Gasteiger partial charge on any atom is -0.325 e. The van der Waals surface area contributed by atoms with Crippen molar-refractivity contribution in [3.8, 4) is 0 Å². The third-order valence-corrected chi connectivity index (χ3v) is 7.72. The van der Waals surface area contributed by atoms with Crippen LogP contribution in [0.5, 0.6) is 0 Å². The number of aryl methyl sites for hydroxylation is 2. The standard InChI is InChI=1S/C23H25N3O3S2/c1-16-10-11-17(2)20(14-16)25-23(27)22(18-8-6-5-7-9-18)30-21-13-12-19(15-24-21)31(28,29)26(3)4/h5-15,22H,1-4H3,(H,25,27). The molecule has 0 fully saturated rings. The summed E-state index contributed by atoms with van der Waals surface area (Å²) in [5, 5.41) is 3.04. The van der Waals surface area contributed by atoms with Crippen LogP contribution in [0.1, 0.15) is 21.9 Å². The van der Waals surface area contributed by atoms with Gasteiger partial charge in [0.2, 0.25) is 15.9 Å². The first kappa shape index (κ1) is 23.0. The molecule has 0 aliphatic rings. The summed E-state index contributed by atoms with van der Waals surface area (Å²) in [4.78, 5) is 17.6. The van der Waals surface area contributed by atoms with E-state index in [1.54, 1.807) is 6.07 Å². The van der Waals surface area contributed by atoms with E-state index in [0.717, 1.165) is 26.7 Å². The van der Waals surface area contributed by atoms with E-state index in [1.807, 2.05) is 62.4 Å². The predicted molar refractivity (Wildman–Crippen MR) is 125 cm³/mol. The molecule has 162 valence electrons. The van der Waals surface area contributed by atoms with Gasteiger partial charge in [0.25, 0.3) is 0 Å². The quantitative estimate of drug-likeness (QED) is 0.534. The molecule has 8 heteroatoms. The number of thioether (sulfide) groups is 1. The van der Waals surface area contributed by atoms with Crippen LogP contribution in [0.15, 0.2) is 76.8 Å². The average Bonchev–Trinajstić information content (AvgIpc) is 2.75. The summed E-state index contributed by atoms with van der Waals surface area (Å²) in [6, 6.07) is 18.5. The van der Waals surface area contributed by atoms with Crippen molar-refractivity contribution < 1.29 is 13.2 Å². The SMILES string of the molecule is Cc1ccc(C)c(NC(=O)C(Sc2ccc(S(=O)(=O)N(C)C)cn2)c2ccccc2)c1. The lowest BCUT2D eigenvalue weighted by molar-refractivity contribution is -0.115. The van der Waals surface area contributed by atoms with Crippen molar-refractivity contribution in [2.45, 2.75) is 29.0 Å². The van der Waals surface area contributed by atoms with Crippen LogP contribution in [-0.4, -0.2) is 37.7 Å². The molecule has 31 heavy (non-hydrogen) atoms. The highest BCUT2D eigenvalue weighted by Gasteiger charge is 2.24. The lowest BCUT2D eigenvalue weighted by Crippen LogP contribution is -2.22. The molecule has 0 bridgehead atoms. The van der Waals surface area contributed by atoms with Gasteiger partial charge in [-0.25, -0.2) is 17.7 Å². The van der Waals surface area contributed by atoms with Crippen LogP contribution in [-0.2, 0) is 14.8 Å². The third-order valence-electron chi connectivity index (χ3n) is 4.72. The molecule has 0 radical (unpaired) electrons. The number of amides is 1. The van der Waals surface area contributed by atoms with Gasteiger partial charge >= 0.3 is 0 Å². The summed E-state index contributed by atoms with van der Waals surface area (Å²) in [5.41, 5.74) is 3.64. The number of nitrogens with one attached hydrogen (secondary N) is 1. The number of benzene rings is 2. The van der Waals surface area contributed by atoms with E-state index in [1.165, 1.54) is 38.1 Å². The highest BCUT2D eigenvalue weighted by Crippen LogP contribution is 2.36. The molecule has 1 aromatic heterocycles. The first-order chi connectivity index (χ1) is 14.7. The Labute approximate surface area is 187 Å². The topological polar surface area (TPSA) is 79.4 Å². The summed E-state index contributed by atoms with van der Waals surface area (Å²) >= 11 is 1.28. The van der Waals surface area contributed by atoms with Crippen molar-refractivity contribution in [3.63, 3.8) is 0 Å². The van der Waals surface area contributed by atoms with Crippen LogP contribution < -0.4 is 5.32 Å². The summed E-state index contributed by atoms with van der Waals surface area (Å²) in [7, 11) is -0.611. The fourth-order valence-electron chi connectivity index (χ4n) is 2.89. The predicted octanol–water partition coefficient (Wildman–Crippen LogP) is 4.42. The number of hydrogen-bond donors (Lipinski definition) is 1. The smallest absolute Gasteiger partial charge is 0.244 e. The third kappa shape index (κ3) is 5.52. The molecule has 0 aliphatic heterocycles. The van der Waals surface area contributed by atoms with Crippen LogP contribution in [0, 0.1) is 13.8 Å². The van der Waals surface area contributed by atoms with Gasteiger partial charge in [0.15, 0.2) is 0 Å². The molecule has 0 spiro atoms. The number of nitrogens with zero attached hydrogens (tertiary/aromatic N) is 2. The van der Waals surface area contributed by atoms with Gasteiger partial charge < -0.3 is 5.32 Å². The Morgan fingerprint density at radius 1 is 1.03 bits per heavy atom. The van der Waals surface area contributed by atoms with Crippen molar-refractivity contribution in [3.05, 3.63) is 83.6 Å². The molecule has 1 unspecified atom stereocenters. The molecule has 0 saturated heterocycles. The molecule has 3 aromatic rings. The molecule has 1 amide bonds. The maximum absolute atomic E-state index is 13.2. The zero-order valence-corrected chi connectivity index (χ0v) is 19.5. The second-order valence-corrected chi connectivity index (χ2v) is 10.6. The molecule has 1 heterocycles. The van der Waals surface area contributed by atoms with Crippen LogP contribution >= 0.6 is 11.8 Å². The van der Waals surface area contributed by atoms with Gasteiger partial charge in [-0.3, -0.25) is 4.79 Å². The molecule has 2 aromatic carbocycles. The number of sulfonamides is 1. The first-order valence-electron chi connectivity index (χ1n) is 9.67. The summed E-state index contributed by atoms with van der Waals surface area (Å²) in [6.07, 6.45) is 1.32. The zero-order chi connectivity index (χ0) is 22.6. The lowest BCUT2D eigenvalue weighted by atomic mass is 10.1. The van der Waals surface area contributed by atoms with Gasteiger partial charge in [-0.1, -0.05) is 54.2 Å². The Morgan fingerprint density at radius 3 is 2.35 bits per heavy atom. The normalized spacial score (nSPS) is 12.5. The van der Waals surface area contributed by atoms with Gasteiger partial charge in [-0.05, 0) is 48.7 Å². The van der Waals surface area contributed by atoms with Crippen molar-refractivity contribution in [1.82, 2.24) is 9.29 Å². The van der Waals surface area contributed by atoms with E-state index in [2.05, 4.69) is 10.3 Å². The molecule has 6 nitrogen and oxygen atoms in total. The number of anilines is 1. The lowest BCUT2D eigenvalue weighted by Gasteiger charge is -2.18. The summed E-state index contributed by atoms with van der Waals surface area (Å²) in [6.45, 7) is 3.93. The van der Waals surface area contributed by atoms with E-state index in [4.69, 9.17) is 0 Å². The highest BCUT2D eigenvalue weighted by molar-refractivity contribution is 8.00. The maximum atomic E-state index is 13.2. The van der Waals surface area contributed by atoms with E-state index < -0.39 is 15.3 Å². The second-order valence-electron chi connectivity index (χ2n) is 7.34. The van der Waals surface area contributed by atoms with E-state index >= 15 is 0 Å². The number of hydrogen-bond acceptors (Lipinski definition) is 5. The summed E-state index contributed by atoms with van der Waals surface area (Å²) in [5.74, 6) is -0.170. The van der Waals surface area contributed by atoms with Crippen LogP contribution in [0.3, 0.4) is 0 Å². The van der Waals surface area contributed by atoms with E-state index in [0.29, 0.717) is 5.03 Å². The minimum atomic E-state index is -3.56. The maximum Gasteiger partial charge on any atom is 0.244 e. The van der Waals surface area contributed by atoms with Gasteiger partial charge in [0.05, 0.1) is 5.03 Å². The first-order valence-corrected chi connectivity index (χ1v) is 12.0. The second kappa shape index (κ2) is 9.64. The Balaban J connectivity index is 1.88. The molecule has 0 aliphatic carbocycles. The molecular formula is C23H25N3O3S2. The van der Waals surface area contributed by atoms with Gasteiger partial charge in [0, 0.05) is 26.0 Å². The Kier molecular flexibility index (Phi) is 7.15. The largest absolute Gasteiger partial charge is 0.325 e. The average molecular weight is 456 g/mol. The molecule has 0 saturated carbocycles. The van der Waals surface area contributed by atoms with Crippen molar-refractivity contribution in [2.24, 2.45) is 0 Å². The number of carbonyl (C=O) groups excluding carboxylic acids is 1. The Morgan fingerprint density at radius 2 is 1.74 bits per heavy atom. The molecule has 1 N–H and O–H groups in total. The molecule has 3 rings (SSSR count). The van der Waals surface area contributed by atoms with E-state index in [9.17, 15) is 13.2 Å². The molecular weight excluding hydrogens is 430 g/mol. The number of aromatic nitrogens is 1. The number of pyridine rings is 1. The number of rotatable bonds is 7. The van der Waals surface area contributed by atoms with Gasteiger partial charge in [-0.2, -0.15) is 0 Å². The zero-order valence-electron chi connectivity index (χ0n) is 17.9. The Bertz CT molecular complexity index is 1160. The minimum absolute atomic E-state index is 0.109. The molecule has 1 atom stereocenters. The van der Waals surface area contributed by atoms with Crippen LogP contribution in [0.25, 0.3) is 0 Å². The number of carbonyl (C=O) groups is 1.